The van der Waals surface area contributed by atoms with E-state index in [1.807, 2.05) is 6.07 Å². The zero-order valence-electron chi connectivity index (χ0n) is 13.7. The highest BCUT2D eigenvalue weighted by Gasteiger charge is 2.25. The lowest BCUT2D eigenvalue weighted by Crippen LogP contribution is -2.05. The van der Waals surface area contributed by atoms with Gasteiger partial charge in [0.05, 0.1) is 17.7 Å². The van der Waals surface area contributed by atoms with Crippen molar-refractivity contribution in [3.8, 4) is 17.6 Å². The summed E-state index contributed by atoms with van der Waals surface area (Å²) in [6, 6.07) is 13.9. The molecule has 0 spiro atoms. The minimum atomic E-state index is -0.566. The van der Waals surface area contributed by atoms with Crippen molar-refractivity contribution in [2.24, 2.45) is 4.99 Å². The summed E-state index contributed by atoms with van der Waals surface area (Å²) in [6.07, 6.45) is 1.57. The first kappa shape index (κ1) is 17.5. The van der Waals surface area contributed by atoms with E-state index in [4.69, 9.17) is 31.1 Å². The maximum atomic E-state index is 12.1. The summed E-state index contributed by atoms with van der Waals surface area (Å²) < 4.78 is 15.7. The van der Waals surface area contributed by atoms with E-state index in [0.717, 1.165) is 0 Å². The number of carbonyl (C=O) groups excluding carboxylic acids is 1. The second kappa shape index (κ2) is 7.72. The van der Waals surface area contributed by atoms with Crippen LogP contribution in [0.2, 0.25) is 5.02 Å². The largest absolute Gasteiger partial charge is 0.493 e. The van der Waals surface area contributed by atoms with Gasteiger partial charge in [0.25, 0.3) is 0 Å². The zero-order valence-corrected chi connectivity index (χ0v) is 14.5. The zero-order chi connectivity index (χ0) is 18.5. The molecule has 1 aliphatic rings. The number of carbonyl (C=O) groups is 1. The Bertz CT molecular complexity index is 960. The normalized spacial score (nSPS) is 14.6. The minimum Gasteiger partial charge on any atom is -0.493 e. The van der Waals surface area contributed by atoms with E-state index >= 15 is 0 Å². The Morgan fingerprint density at radius 2 is 2.08 bits per heavy atom. The number of hydrogen-bond acceptors (Lipinski definition) is 6. The van der Waals surface area contributed by atoms with Crippen LogP contribution < -0.4 is 9.47 Å². The third-order valence-electron chi connectivity index (χ3n) is 3.51. The molecule has 0 fully saturated rings. The molecule has 0 aliphatic carbocycles. The van der Waals surface area contributed by atoms with Crippen LogP contribution in [-0.2, 0) is 9.53 Å². The first-order valence-corrected chi connectivity index (χ1v) is 7.95. The summed E-state index contributed by atoms with van der Waals surface area (Å²) >= 11 is 6.11. The van der Waals surface area contributed by atoms with E-state index in [0.29, 0.717) is 27.6 Å². The Morgan fingerprint density at radius 3 is 2.81 bits per heavy atom. The monoisotopic (exact) mass is 368 g/mol. The number of methoxy groups -OCH3 is 1. The molecule has 6 nitrogen and oxygen atoms in total. The number of aliphatic imine (C=N–C) groups is 1. The van der Waals surface area contributed by atoms with Crippen LogP contribution in [0.4, 0.5) is 0 Å². The predicted octanol–water partition coefficient (Wildman–Crippen LogP) is 3.60. The number of cyclic esters (lactones) is 1. The number of rotatable bonds is 5. The molecule has 0 N–H and O–H groups in total. The molecule has 3 rings (SSSR count). The lowest BCUT2D eigenvalue weighted by molar-refractivity contribution is -0.129. The maximum absolute atomic E-state index is 12.1. The van der Waals surface area contributed by atoms with Crippen LogP contribution in [0, 0.1) is 11.3 Å². The molecule has 1 heterocycles. The van der Waals surface area contributed by atoms with Crippen LogP contribution in [0.25, 0.3) is 6.08 Å². The predicted molar refractivity (Wildman–Crippen MR) is 96.2 cm³/mol. The molecular formula is C19H13ClN2O4. The van der Waals surface area contributed by atoms with Gasteiger partial charge in [-0.1, -0.05) is 29.8 Å². The molecule has 7 heteroatoms. The molecule has 2 aromatic carbocycles. The fourth-order valence-electron chi connectivity index (χ4n) is 2.32. The van der Waals surface area contributed by atoms with Crippen molar-refractivity contribution in [1.29, 1.82) is 5.26 Å². The smallest absolute Gasteiger partial charge is 0.363 e. The Balaban J connectivity index is 1.91. The van der Waals surface area contributed by atoms with Gasteiger partial charge in [-0.05, 0) is 35.9 Å². The van der Waals surface area contributed by atoms with Crippen LogP contribution in [0.3, 0.4) is 0 Å². The molecule has 2 aromatic rings. The summed E-state index contributed by atoms with van der Waals surface area (Å²) in [4.78, 5) is 16.3. The molecule has 0 bridgehead atoms. The van der Waals surface area contributed by atoms with Crippen LogP contribution in [-0.4, -0.2) is 25.6 Å². The average molecular weight is 369 g/mol. The standard InChI is InChI=1S/C19H13ClN2O4/c1-24-17-11-12(6-7-16(17)25-9-8-21)10-15-19(23)26-18(22-15)13-4-2-3-5-14(13)20/h2-7,10-11H,9H2,1H3/b15-10-. The molecule has 0 amide bonds. The number of esters is 1. The van der Waals surface area contributed by atoms with Gasteiger partial charge in [0.2, 0.25) is 5.90 Å². The van der Waals surface area contributed by atoms with Crippen molar-refractivity contribution in [3.05, 3.63) is 64.3 Å². The minimum absolute atomic E-state index is 0.0887. The Hall–Kier alpha value is -3.30. The lowest BCUT2D eigenvalue weighted by Gasteiger charge is -2.08. The highest BCUT2D eigenvalue weighted by Crippen LogP contribution is 2.30. The van der Waals surface area contributed by atoms with Gasteiger partial charge in [0, 0.05) is 0 Å². The summed E-state index contributed by atoms with van der Waals surface area (Å²) in [5.41, 5.74) is 1.36. The molecule has 0 atom stereocenters. The third kappa shape index (κ3) is 3.68. The van der Waals surface area contributed by atoms with E-state index in [1.165, 1.54) is 7.11 Å². The summed E-state index contributed by atoms with van der Waals surface area (Å²) in [5, 5.41) is 9.05. The fraction of sp³-hybridized carbons (Fsp3) is 0.105. The van der Waals surface area contributed by atoms with Gasteiger partial charge < -0.3 is 14.2 Å². The second-order valence-electron chi connectivity index (χ2n) is 5.17. The third-order valence-corrected chi connectivity index (χ3v) is 3.84. The van der Waals surface area contributed by atoms with Crippen molar-refractivity contribution in [3.63, 3.8) is 0 Å². The number of halogens is 1. The SMILES string of the molecule is COc1cc(/C=C2\N=C(c3ccccc3Cl)OC2=O)ccc1OCC#N. The van der Waals surface area contributed by atoms with Gasteiger partial charge >= 0.3 is 5.97 Å². The number of nitriles is 1. The molecule has 0 aromatic heterocycles. The Kier molecular flexibility index (Phi) is 5.20. The van der Waals surface area contributed by atoms with E-state index in [2.05, 4.69) is 4.99 Å². The number of hydrogen-bond donors (Lipinski definition) is 0. The molecule has 130 valence electrons. The fourth-order valence-corrected chi connectivity index (χ4v) is 2.54. The van der Waals surface area contributed by atoms with E-state index in [-0.39, 0.29) is 18.2 Å². The molecule has 26 heavy (non-hydrogen) atoms. The van der Waals surface area contributed by atoms with Crippen molar-refractivity contribution in [1.82, 2.24) is 0 Å². The van der Waals surface area contributed by atoms with E-state index < -0.39 is 5.97 Å². The van der Waals surface area contributed by atoms with Crippen molar-refractivity contribution in [2.45, 2.75) is 0 Å². The molecule has 0 saturated heterocycles. The number of ether oxygens (including phenoxy) is 3. The second-order valence-corrected chi connectivity index (χ2v) is 5.58. The maximum Gasteiger partial charge on any atom is 0.363 e. The number of benzene rings is 2. The van der Waals surface area contributed by atoms with Crippen molar-refractivity contribution in [2.75, 3.05) is 13.7 Å². The number of nitrogens with zero attached hydrogens (tertiary/aromatic N) is 2. The molecule has 1 aliphatic heterocycles. The highest BCUT2D eigenvalue weighted by molar-refractivity contribution is 6.34. The van der Waals surface area contributed by atoms with Crippen molar-refractivity contribution < 1.29 is 19.0 Å². The molecule has 0 radical (unpaired) electrons. The Morgan fingerprint density at radius 1 is 1.27 bits per heavy atom. The van der Waals surface area contributed by atoms with E-state index in [9.17, 15) is 4.79 Å². The summed E-state index contributed by atoms with van der Waals surface area (Å²) in [6.45, 7) is -0.0887. The van der Waals surface area contributed by atoms with Gasteiger partial charge in [-0.3, -0.25) is 0 Å². The molecule has 0 saturated carbocycles. The topological polar surface area (TPSA) is 80.9 Å². The quantitative estimate of drug-likeness (QED) is 0.595. The first-order chi connectivity index (χ1) is 12.6. The van der Waals surface area contributed by atoms with E-state index in [1.54, 1.807) is 48.5 Å². The molecule has 0 unspecified atom stereocenters. The van der Waals surface area contributed by atoms with Gasteiger partial charge in [-0.15, -0.1) is 0 Å². The van der Waals surface area contributed by atoms with Gasteiger partial charge in [0.15, 0.2) is 23.8 Å². The Labute approximate surface area is 154 Å². The average Bonchev–Trinajstić information content (AvgIpc) is 3.01. The highest BCUT2D eigenvalue weighted by atomic mass is 35.5. The van der Waals surface area contributed by atoms with Gasteiger partial charge in [-0.25, -0.2) is 9.79 Å². The first-order valence-electron chi connectivity index (χ1n) is 7.57. The summed E-state index contributed by atoms with van der Waals surface area (Å²) in [7, 11) is 1.49. The molecular weight excluding hydrogens is 356 g/mol. The van der Waals surface area contributed by atoms with Gasteiger partial charge in [0.1, 0.15) is 6.07 Å². The van der Waals surface area contributed by atoms with Crippen LogP contribution >= 0.6 is 11.6 Å². The lowest BCUT2D eigenvalue weighted by atomic mass is 10.1. The van der Waals surface area contributed by atoms with Crippen LogP contribution in [0.1, 0.15) is 11.1 Å². The van der Waals surface area contributed by atoms with Gasteiger partial charge in [-0.2, -0.15) is 5.26 Å². The van der Waals surface area contributed by atoms with Crippen LogP contribution in [0.5, 0.6) is 11.5 Å². The van der Waals surface area contributed by atoms with Crippen LogP contribution in [0.15, 0.2) is 53.2 Å². The summed E-state index contributed by atoms with van der Waals surface area (Å²) in [5.74, 6) is 0.471. The van der Waals surface area contributed by atoms with Crippen molar-refractivity contribution >= 4 is 29.5 Å².